The van der Waals surface area contributed by atoms with Gasteiger partial charge in [-0.15, -0.1) is 0 Å². The summed E-state index contributed by atoms with van der Waals surface area (Å²) in [7, 11) is 0. The molecule has 0 aromatic heterocycles. The first-order valence-corrected chi connectivity index (χ1v) is 6.94. The molecule has 1 aliphatic rings. The Balaban J connectivity index is 2.28. The molecule has 1 aromatic rings. The normalized spacial score (nSPS) is 21.9. The minimum absolute atomic E-state index is 0.302. The molecule has 2 rings (SSSR count). The maximum atomic E-state index is 3.90. The van der Waals surface area contributed by atoms with Gasteiger partial charge in [-0.3, -0.25) is 0 Å². The molecule has 17 heavy (non-hydrogen) atoms. The molecule has 0 spiro atoms. The molecule has 1 N–H and O–H groups in total. The van der Waals surface area contributed by atoms with E-state index in [1.54, 1.807) is 0 Å². The Bertz CT molecular complexity index is 423. The minimum Gasteiger partial charge on any atom is -0.305 e. The van der Waals surface area contributed by atoms with E-state index >= 15 is 0 Å². The number of hydrogen-bond donors (Lipinski definition) is 1. The summed E-state index contributed by atoms with van der Waals surface area (Å²) in [5.41, 5.74) is 3.25. The van der Waals surface area contributed by atoms with Gasteiger partial charge in [-0.1, -0.05) is 60.6 Å². The van der Waals surface area contributed by atoms with Gasteiger partial charge in [0.25, 0.3) is 0 Å². The molecule has 0 aliphatic heterocycles. The Kier molecular flexibility index (Phi) is 3.74. The van der Waals surface area contributed by atoms with E-state index in [1.165, 1.54) is 24.0 Å². The second kappa shape index (κ2) is 4.95. The zero-order valence-corrected chi connectivity index (χ0v) is 12.2. The summed E-state index contributed by atoms with van der Waals surface area (Å²) in [5.74, 6) is 0. The van der Waals surface area contributed by atoms with Crippen LogP contribution in [-0.2, 0) is 6.42 Å². The lowest BCUT2D eigenvalue weighted by molar-refractivity contribution is 0.214. The number of halogens is 1. The van der Waals surface area contributed by atoms with Crippen LogP contribution in [-0.4, -0.2) is 6.54 Å². The maximum absolute atomic E-state index is 3.90. The summed E-state index contributed by atoms with van der Waals surface area (Å²) in [5, 5.41) is 3.62. The van der Waals surface area contributed by atoms with E-state index in [0.29, 0.717) is 11.5 Å². The van der Waals surface area contributed by atoms with Crippen LogP contribution in [0.3, 0.4) is 0 Å². The zero-order valence-electron chi connectivity index (χ0n) is 10.6. The summed E-state index contributed by atoms with van der Waals surface area (Å²) in [6.07, 6.45) is 2.42. The molecule has 0 saturated carbocycles. The van der Waals surface area contributed by atoms with Crippen molar-refractivity contribution in [3.63, 3.8) is 0 Å². The highest BCUT2D eigenvalue weighted by Gasteiger charge is 2.35. The van der Waals surface area contributed by atoms with Crippen molar-refractivity contribution in [2.75, 3.05) is 6.54 Å². The lowest BCUT2D eigenvalue weighted by Gasteiger charge is -2.40. The molecular weight excluding hydrogens is 274 g/mol. The largest absolute Gasteiger partial charge is 0.305 e. The third-order valence-corrected chi connectivity index (χ3v) is 3.96. The monoisotopic (exact) mass is 293 g/mol. The first-order valence-electron chi connectivity index (χ1n) is 6.15. The number of fused-ring (bicyclic) bond motifs is 1. The molecule has 1 unspecified atom stereocenters. The van der Waals surface area contributed by atoms with Crippen molar-refractivity contribution in [1.29, 1.82) is 0 Å². The molecule has 92 valence electrons. The Morgan fingerprint density at radius 3 is 2.88 bits per heavy atom. The van der Waals surface area contributed by atoms with Crippen molar-refractivity contribution in [3.8, 4) is 0 Å². The molecule has 0 fully saturated rings. The van der Waals surface area contributed by atoms with Gasteiger partial charge in [0.05, 0.1) is 0 Å². The molecule has 1 aromatic carbocycles. The van der Waals surface area contributed by atoms with Crippen LogP contribution in [0.2, 0.25) is 0 Å². The Hall–Kier alpha value is -0.600. The fourth-order valence-corrected chi connectivity index (χ4v) is 2.83. The topological polar surface area (TPSA) is 12.0 Å². The molecule has 0 radical (unpaired) electrons. The number of benzene rings is 1. The van der Waals surface area contributed by atoms with Crippen LogP contribution < -0.4 is 5.32 Å². The molecule has 1 nitrogen and oxygen atoms in total. The smallest absolute Gasteiger partial charge is 0.0377 e. The fourth-order valence-electron chi connectivity index (χ4n) is 2.66. The number of aryl methyl sites for hydroxylation is 1. The van der Waals surface area contributed by atoms with Crippen molar-refractivity contribution < 1.29 is 0 Å². The fraction of sp³-hybridized carbons (Fsp3) is 0.467. The van der Waals surface area contributed by atoms with E-state index < -0.39 is 0 Å². The van der Waals surface area contributed by atoms with Crippen LogP contribution in [0.25, 0.3) is 0 Å². The Labute approximate surface area is 112 Å². The third-order valence-electron chi connectivity index (χ3n) is 3.68. The molecule has 0 saturated heterocycles. The second-order valence-corrected chi connectivity index (χ2v) is 6.64. The van der Waals surface area contributed by atoms with Gasteiger partial charge in [-0.25, -0.2) is 0 Å². The summed E-state index contributed by atoms with van der Waals surface area (Å²) >= 11 is 3.42. The van der Waals surface area contributed by atoms with E-state index in [9.17, 15) is 0 Å². The predicted molar refractivity (Wildman–Crippen MR) is 77.4 cm³/mol. The summed E-state index contributed by atoms with van der Waals surface area (Å²) in [4.78, 5) is 0. The van der Waals surface area contributed by atoms with Gasteiger partial charge >= 0.3 is 0 Å². The van der Waals surface area contributed by atoms with Crippen LogP contribution in [0.1, 0.15) is 37.4 Å². The molecular formula is C15H20BrN. The first kappa shape index (κ1) is 12.8. The van der Waals surface area contributed by atoms with E-state index in [2.05, 4.69) is 65.9 Å². The summed E-state index contributed by atoms with van der Waals surface area (Å²) in [6.45, 7) is 9.41. The third kappa shape index (κ3) is 2.80. The standard InChI is InChI=1S/C15H20BrN/c1-11(16)10-17-14-13-7-5-4-6-12(13)8-9-15(14,2)3/h4-7,14,17H,1,8-10H2,2-3H3. The maximum Gasteiger partial charge on any atom is 0.0377 e. The van der Waals surface area contributed by atoms with E-state index in [1.807, 2.05) is 0 Å². The van der Waals surface area contributed by atoms with Crippen molar-refractivity contribution in [2.45, 2.75) is 32.7 Å². The van der Waals surface area contributed by atoms with Crippen molar-refractivity contribution in [3.05, 3.63) is 46.5 Å². The zero-order chi connectivity index (χ0) is 12.5. The molecule has 0 heterocycles. The quantitative estimate of drug-likeness (QED) is 0.881. The van der Waals surface area contributed by atoms with Crippen molar-refractivity contribution in [1.82, 2.24) is 5.32 Å². The van der Waals surface area contributed by atoms with Crippen molar-refractivity contribution in [2.24, 2.45) is 5.41 Å². The molecule has 1 aliphatic carbocycles. The molecule has 1 atom stereocenters. The predicted octanol–water partition coefficient (Wildman–Crippen LogP) is 4.20. The van der Waals surface area contributed by atoms with Gasteiger partial charge in [0.2, 0.25) is 0 Å². The molecule has 0 amide bonds. The van der Waals surface area contributed by atoms with Crippen LogP contribution in [0.15, 0.2) is 35.3 Å². The van der Waals surface area contributed by atoms with E-state index in [4.69, 9.17) is 0 Å². The molecule has 0 bridgehead atoms. The summed E-state index contributed by atoms with van der Waals surface area (Å²) in [6, 6.07) is 9.20. The highest BCUT2D eigenvalue weighted by molar-refractivity contribution is 9.11. The second-order valence-electron chi connectivity index (χ2n) is 5.52. The number of hydrogen-bond acceptors (Lipinski definition) is 1. The van der Waals surface area contributed by atoms with Crippen LogP contribution >= 0.6 is 15.9 Å². The van der Waals surface area contributed by atoms with Gasteiger partial charge in [0.1, 0.15) is 0 Å². The van der Waals surface area contributed by atoms with E-state index in [0.717, 1.165) is 11.0 Å². The Morgan fingerprint density at radius 2 is 2.18 bits per heavy atom. The van der Waals surface area contributed by atoms with Crippen LogP contribution in [0.5, 0.6) is 0 Å². The van der Waals surface area contributed by atoms with E-state index in [-0.39, 0.29) is 0 Å². The van der Waals surface area contributed by atoms with Gasteiger partial charge in [0, 0.05) is 17.1 Å². The molecule has 2 heteroatoms. The van der Waals surface area contributed by atoms with Crippen LogP contribution in [0.4, 0.5) is 0 Å². The lowest BCUT2D eigenvalue weighted by Crippen LogP contribution is -2.38. The van der Waals surface area contributed by atoms with Gasteiger partial charge in [0.15, 0.2) is 0 Å². The number of rotatable bonds is 3. The highest BCUT2D eigenvalue weighted by Crippen LogP contribution is 2.43. The van der Waals surface area contributed by atoms with Gasteiger partial charge < -0.3 is 5.32 Å². The highest BCUT2D eigenvalue weighted by atomic mass is 79.9. The average molecular weight is 294 g/mol. The lowest BCUT2D eigenvalue weighted by atomic mass is 9.70. The average Bonchev–Trinajstić information content (AvgIpc) is 2.27. The minimum atomic E-state index is 0.302. The van der Waals surface area contributed by atoms with Gasteiger partial charge in [-0.2, -0.15) is 0 Å². The number of nitrogens with one attached hydrogen (secondary N) is 1. The van der Waals surface area contributed by atoms with Gasteiger partial charge in [-0.05, 0) is 29.4 Å². The Morgan fingerprint density at radius 1 is 1.47 bits per heavy atom. The summed E-state index contributed by atoms with van der Waals surface area (Å²) < 4.78 is 1.01. The first-order chi connectivity index (χ1) is 8.00. The SMILES string of the molecule is C=C(Br)CNC1c2ccccc2CCC1(C)C. The van der Waals surface area contributed by atoms with Crippen molar-refractivity contribution >= 4 is 15.9 Å². The van der Waals surface area contributed by atoms with Crippen LogP contribution in [0, 0.1) is 5.41 Å².